The average Bonchev–Trinajstić information content (AvgIpc) is 1.57. The minimum absolute atomic E-state index is 0.442. The molecule has 0 bridgehead atoms. The van der Waals surface area contributed by atoms with Crippen molar-refractivity contribution in [2.24, 2.45) is 17.1 Å². The smallest absolute Gasteiger partial charge is 0.00722 e. The molecule has 0 aliphatic heterocycles. The molecule has 1 rings (SSSR count). The summed E-state index contributed by atoms with van der Waals surface area (Å²) in [5.41, 5.74) is 6.25. The summed E-state index contributed by atoms with van der Waals surface area (Å²) in [4.78, 5) is 0. The molecule has 0 spiro atoms. The Morgan fingerprint density at radius 3 is 1.78 bits per heavy atom. The lowest BCUT2D eigenvalue weighted by Gasteiger charge is -2.43. The zero-order chi connectivity index (χ0) is 7.07. The standard InChI is InChI=1S/C8H17N/c1-8(2,3)6-4-5-7(6)9/h6-7H,4-5,9H2,1-3H3/t6-,7-/m1/s1. The topological polar surface area (TPSA) is 26.0 Å². The van der Waals surface area contributed by atoms with Crippen LogP contribution in [-0.2, 0) is 0 Å². The molecule has 0 heterocycles. The van der Waals surface area contributed by atoms with Crippen molar-refractivity contribution in [3.8, 4) is 0 Å². The van der Waals surface area contributed by atoms with Crippen LogP contribution in [-0.4, -0.2) is 6.04 Å². The first kappa shape index (κ1) is 7.07. The first-order chi connectivity index (χ1) is 4.02. The van der Waals surface area contributed by atoms with Gasteiger partial charge in [-0.25, -0.2) is 0 Å². The van der Waals surface area contributed by atoms with E-state index in [1.54, 1.807) is 0 Å². The number of hydrogen-bond donors (Lipinski definition) is 1. The molecule has 2 N–H and O–H groups in total. The van der Waals surface area contributed by atoms with Gasteiger partial charge in [0.2, 0.25) is 0 Å². The fraction of sp³-hybridized carbons (Fsp3) is 1.00. The van der Waals surface area contributed by atoms with Crippen LogP contribution in [0.4, 0.5) is 0 Å². The molecule has 1 aliphatic carbocycles. The van der Waals surface area contributed by atoms with Gasteiger partial charge in [-0.3, -0.25) is 0 Å². The van der Waals surface area contributed by atoms with Gasteiger partial charge in [0.05, 0.1) is 0 Å². The molecule has 1 aliphatic rings. The van der Waals surface area contributed by atoms with Gasteiger partial charge in [0, 0.05) is 6.04 Å². The Morgan fingerprint density at radius 1 is 1.22 bits per heavy atom. The van der Waals surface area contributed by atoms with Gasteiger partial charge in [0.1, 0.15) is 0 Å². The molecule has 0 aromatic rings. The summed E-state index contributed by atoms with van der Waals surface area (Å²) in [6.45, 7) is 6.82. The summed E-state index contributed by atoms with van der Waals surface area (Å²) in [5, 5.41) is 0. The van der Waals surface area contributed by atoms with Crippen LogP contribution in [0.3, 0.4) is 0 Å². The third kappa shape index (κ3) is 1.26. The van der Waals surface area contributed by atoms with Crippen LogP contribution >= 0.6 is 0 Å². The molecule has 0 saturated heterocycles. The summed E-state index contributed by atoms with van der Waals surface area (Å²) in [5.74, 6) is 0.775. The lowest BCUT2D eigenvalue weighted by molar-refractivity contribution is 0.109. The Bertz CT molecular complexity index is 102. The Kier molecular flexibility index (Phi) is 1.55. The van der Waals surface area contributed by atoms with E-state index < -0.39 is 0 Å². The van der Waals surface area contributed by atoms with Crippen LogP contribution in [0.2, 0.25) is 0 Å². The van der Waals surface area contributed by atoms with Gasteiger partial charge in [-0.05, 0) is 24.2 Å². The second kappa shape index (κ2) is 1.98. The van der Waals surface area contributed by atoms with E-state index in [1.807, 2.05) is 0 Å². The largest absolute Gasteiger partial charge is 0.327 e. The third-order valence-electron chi connectivity index (χ3n) is 2.44. The Hall–Kier alpha value is -0.0400. The fourth-order valence-electron chi connectivity index (χ4n) is 1.60. The van der Waals surface area contributed by atoms with Gasteiger partial charge in [-0.2, -0.15) is 0 Å². The molecule has 1 saturated carbocycles. The maximum Gasteiger partial charge on any atom is 0.00722 e. The number of hydrogen-bond acceptors (Lipinski definition) is 1. The quantitative estimate of drug-likeness (QED) is 0.527. The fourth-order valence-corrected chi connectivity index (χ4v) is 1.60. The van der Waals surface area contributed by atoms with Crippen LogP contribution in [0.5, 0.6) is 0 Å². The molecule has 0 aromatic heterocycles. The minimum atomic E-state index is 0.442. The van der Waals surface area contributed by atoms with E-state index in [4.69, 9.17) is 5.73 Å². The maximum atomic E-state index is 5.81. The van der Waals surface area contributed by atoms with E-state index in [1.165, 1.54) is 12.8 Å². The highest BCUT2D eigenvalue weighted by atomic mass is 14.7. The van der Waals surface area contributed by atoms with Crippen molar-refractivity contribution in [3.05, 3.63) is 0 Å². The second-order valence-electron chi connectivity index (χ2n) is 4.21. The monoisotopic (exact) mass is 127 g/mol. The van der Waals surface area contributed by atoms with E-state index in [-0.39, 0.29) is 0 Å². The summed E-state index contributed by atoms with van der Waals surface area (Å²) in [6.07, 6.45) is 2.58. The van der Waals surface area contributed by atoms with Crippen molar-refractivity contribution in [2.75, 3.05) is 0 Å². The summed E-state index contributed by atoms with van der Waals surface area (Å²) in [7, 11) is 0. The minimum Gasteiger partial charge on any atom is -0.327 e. The second-order valence-corrected chi connectivity index (χ2v) is 4.21. The highest BCUT2D eigenvalue weighted by Gasteiger charge is 2.36. The predicted octanol–water partition coefficient (Wildman–Crippen LogP) is 1.77. The van der Waals surface area contributed by atoms with Crippen LogP contribution in [0, 0.1) is 11.3 Å². The molecule has 2 atom stereocenters. The maximum absolute atomic E-state index is 5.81. The number of rotatable bonds is 0. The average molecular weight is 127 g/mol. The van der Waals surface area contributed by atoms with Gasteiger partial charge < -0.3 is 5.73 Å². The molecule has 1 heteroatoms. The van der Waals surface area contributed by atoms with E-state index >= 15 is 0 Å². The van der Waals surface area contributed by atoms with E-state index in [0.29, 0.717) is 11.5 Å². The first-order valence-corrected chi connectivity index (χ1v) is 3.77. The highest BCUT2D eigenvalue weighted by Crippen LogP contribution is 2.40. The molecule has 1 fully saturated rings. The summed E-state index contributed by atoms with van der Waals surface area (Å²) in [6, 6.07) is 0.491. The van der Waals surface area contributed by atoms with Crippen molar-refractivity contribution in [1.82, 2.24) is 0 Å². The van der Waals surface area contributed by atoms with Crippen LogP contribution < -0.4 is 5.73 Å². The molecular formula is C8H17N. The highest BCUT2D eigenvalue weighted by molar-refractivity contribution is 4.90. The molecule has 54 valence electrons. The van der Waals surface area contributed by atoms with Gasteiger partial charge in [0.15, 0.2) is 0 Å². The van der Waals surface area contributed by atoms with Crippen LogP contribution in [0.1, 0.15) is 33.6 Å². The summed E-state index contributed by atoms with van der Waals surface area (Å²) >= 11 is 0. The molecule has 0 radical (unpaired) electrons. The normalized spacial score (nSPS) is 36.0. The van der Waals surface area contributed by atoms with Gasteiger partial charge in [-0.15, -0.1) is 0 Å². The van der Waals surface area contributed by atoms with Crippen LogP contribution in [0.25, 0.3) is 0 Å². The summed E-state index contributed by atoms with van der Waals surface area (Å²) < 4.78 is 0. The van der Waals surface area contributed by atoms with Gasteiger partial charge in [0.25, 0.3) is 0 Å². The Labute approximate surface area is 57.6 Å². The lowest BCUT2D eigenvalue weighted by atomic mass is 9.65. The third-order valence-corrected chi connectivity index (χ3v) is 2.44. The number of nitrogens with two attached hydrogens (primary N) is 1. The zero-order valence-corrected chi connectivity index (χ0v) is 6.65. The molecule has 0 amide bonds. The van der Waals surface area contributed by atoms with E-state index in [0.717, 1.165) is 5.92 Å². The van der Waals surface area contributed by atoms with Gasteiger partial charge in [-0.1, -0.05) is 20.8 Å². The lowest BCUT2D eigenvalue weighted by Crippen LogP contribution is -2.46. The van der Waals surface area contributed by atoms with Gasteiger partial charge >= 0.3 is 0 Å². The van der Waals surface area contributed by atoms with Crippen molar-refractivity contribution < 1.29 is 0 Å². The van der Waals surface area contributed by atoms with Crippen LogP contribution in [0.15, 0.2) is 0 Å². The molecule has 0 unspecified atom stereocenters. The van der Waals surface area contributed by atoms with Crippen molar-refractivity contribution >= 4 is 0 Å². The van der Waals surface area contributed by atoms with Crippen molar-refractivity contribution in [1.29, 1.82) is 0 Å². The SMILES string of the molecule is CC(C)(C)[C@@H]1CC[C@H]1N. The Balaban J connectivity index is 2.44. The predicted molar refractivity (Wildman–Crippen MR) is 40.2 cm³/mol. The van der Waals surface area contributed by atoms with E-state index in [9.17, 15) is 0 Å². The molecule has 1 nitrogen and oxygen atoms in total. The molecule has 0 aromatic carbocycles. The van der Waals surface area contributed by atoms with Crippen molar-refractivity contribution in [3.63, 3.8) is 0 Å². The van der Waals surface area contributed by atoms with Crippen molar-refractivity contribution in [2.45, 2.75) is 39.7 Å². The zero-order valence-electron chi connectivity index (χ0n) is 6.65. The first-order valence-electron chi connectivity index (χ1n) is 3.77. The molecule has 9 heavy (non-hydrogen) atoms. The molecular weight excluding hydrogens is 110 g/mol. The Morgan fingerprint density at radius 2 is 1.78 bits per heavy atom. The van der Waals surface area contributed by atoms with E-state index in [2.05, 4.69) is 20.8 Å².